The Hall–Kier alpha value is 0.852. The first kappa shape index (κ1) is 15.2. The van der Waals surface area contributed by atoms with Crippen LogP contribution in [-0.2, 0) is 9.68 Å². The van der Waals surface area contributed by atoms with E-state index >= 15 is 0 Å². The summed E-state index contributed by atoms with van der Waals surface area (Å²) >= 11 is 0. The second kappa shape index (κ2) is 6.09. The van der Waals surface area contributed by atoms with E-state index in [9.17, 15) is 5.21 Å². The number of hydroxylamine groups is 3. The molecule has 3 saturated carbocycles. The third kappa shape index (κ3) is 2.81. The Morgan fingerprint density at radius 2 is 2.28 bits per heavy atom. The van der Waals surface area contributed by atoms with E-state index in [-0.39, 0.29) is 36.3 Å². The standard InChI is InChI=1S/C10H13O.C2H7N2O2.U/c1-2-6-3-5(1)7-4-8-10(11-8)9(6)7;1-3-6-4(2)5;/h2,5-10H,1,3-4H2;3-4H,1H2,2H3;/q2*-1;+2. The molecule has 7 unspecified atom stereocenters. The molecule has 0 spiro atoms. The van der Waals surface area contributed by atoms with Gasteiger partial charge in [-0.3, -0.25) is 5.48 Å². The van der Waals surface area contributed by atoms with Crippen LogP contribution >= 0.6 is 0 Å². The third-order valence-corrected chi connectivity index (χ3v) is 4.63. The van der Waals surface area contributed by atoms with Crippen molar-refractivity contribution < 1.29 is 46.0 Å². The van der Waals surface area contributed by atoms with E-state index in [1.165, 1.54) is 26.3 Å². The number of rotatable bonds is 2. The fourth-order valence-corrected chi connectivity index (χ4v) is 4.08. The summed E-state index contributed by atoms with van der Waals surface area (Å²) in [6.45, 7) is 0. The van der Waals surface area contributed by atoms with Gasteiger partial charge in [0.1, 0.15) is 0 Å². The van der Waals surface area contributed by atoms with E-state index in [4.69, 9.17) is 4.74 Å². The van der Waals surface area contributed by atoms with E-state index in [0.29, 0.717) is 12.2 Å². The molecule has 2 N–H and O–H groups in total. The third-order valence-electron chi connectivity index (χ3n) is 4.63. The Bertz CT molecular complexity index is 292. The molecular formula is C12H20N2O3U. The molecule has 0 aromatic rings. The first-order valence-corrected chi connectivity index (χ1v) is 6.39. The molecule has 4 fully saturated rings. The van der Waals surface area contributed by atoms with Crippen molar-refractivity contribution in [3.8, 4) is 0 Å². The summed E-state index contributed by atoms with van der Waals surface area (Å²) in [5.74, 6) is 4.08. The van der Waals surface area contributed by atoms with E-state index in [1.807, 2.05) is 5.48 Å². The van der Waals surface area contributed by atoms with E-state index < -0.39 is 0 Å². The van der Waals surface area contributed by atoms with Crippen LogP contribution in [0.25, 0.3) is 0 Å². The Labute approximate surface area is 132 Å². The molecule has 1 saturated heterocycles. The van der Waals surface area contributed by atoms with E-state index in [2.05, 4.69) is 18.4 Å². The Morgan fingerprint density at radius 1 is 1.50 bits per heavy atom. The molecule has 4 aliphatic rings. The van der Waals surface area contributed by atoms with Crippen molar-refractivity contribution in [1.82, 2.24) is 5.48 Å². The first-order valence-electron chi connectivity index (χ1n) is 6.39. The minimum absolute atomic E-state index is 0. The van der Waals surface area contributed by atoms with Crippen molar-refractivity contribution in [3.63, 3.8) is 0 Å². The largest absolute Gasteiger partial charge is 2.00 e. The average molecular weight is 478 g/mol. The van der Waals surface area contributed by atoms with Crippen molar-refractivity contribution in [3.05, 3.63) is 18.7 Å². The molecule has 1 aliphatic heterocycles. The monoisotopic (exact) mass is 478 g/mol. The van der Waals surface area contributed by atoms with Crippen LogP contribution in [0.3, 0.4) is 0 Å². The molecule has 3 aliphatic carbocycles. The van der Waals surface area contributed by atoms with Gasteiger partial charge in [-0.25, -0.2) is 12.3 Å². The van der Waals surface area contributed by atoms with Crippen LogP contribution in [0.1, 0.15) is 19.3 Å². The molecule has 0 aromatic carbocycles. The Kier molecular flexibility index (Phi) is 5.16. The van der Waals surface area contributed by atoms with E-state index in [0.717, 1.165) is 23.7 Å². The second-order valence-corrected chi connectivity index (χ2v) is 5.49. The van der Waals surface area contributed by atoms with Crippen LogP contribution in [0.5, 0.6) is 0 Å². The molecule has 1 heterocycles. The normalized spacial score (nSPS) is 47.5. The summed E-state index contributed by atoms with van der Waals surface area (Å²) in [6.07, 6.45) is 8.32. The van der Waals surface area contributed by atoms with Crippen LogP contribution < -0.4 is 10.7 Å². The van der Waals surface area contributed by atoms with Crippen LogP contribution in [-0.4, -0.2) is 19.3 Å². The van der Waals surface area contributed by atoms with Gasteiger partial charge >= 0.3 is 31.1 Å². The van der Waals surface area contributed by atoms with Crippen molar-refractivity contribution in [2.24, 2.45) is 23.7 Å². The molecular weight excluding hydrogens is 458 g/mol. The van der Waals surface area contributed by atoms with Gasteiger partial charge < -0.3 is 16.4 Å². The van der Waals surface area contributed by atoms with Crippen molar-refractivity contribution in [2.45, 2.75) is 31.5 Å². The van der Waals surface area contributed by atoms with Gasteiger partial charge in [0.25, 0.3) is 0 Å². The zero-order valence-electron chi connectivity index (χ0n) is 10.6. The zero-order chi connectivity index (χ0) is 12.0. The first-order chi connectivity index (χ1) is 8.20. The Balaban J connectivity index is 0.000000153. The molecule has 2 bridgehead atoms. The number of quaternary nitrogens is 1. The summed E-state index contributed by atoms with van der Waals surface area (Å²) in [4.78, 5) is 4.04. The van der Waals surface area contributed by atoms with Crippen LogP contribution in [0.4, 0.5) is 0 Å². The molecule has 6 heteroatoms. The summed E-state index contributed by atoms with van der Waals surface area (Å²) in [5.41, 5.74) is 1.97. The van der Waals surface area contributed by atoms with Gasteiger partial charge in [-0.2, -0.15) is 12.3 Å². The molecule has 7 atom stereocenters. The van der Waals surface area contributed by atoms with Gasteiger partial charge in [0, 0.05) is 0 Å². The van der Waals surface area contributed by atoms with Gasteiger partial charge in [-0.15, -0.1) is 4.94 Å². The molecule has 18 heavy (non-hydrogen) atoms. The number of hydrogen-bond donors (Lipinski definition) is 2. The fraction of sp³-hybridized carbons (Fsp3) is 0.833. The van der Waals surface area contributed by atoms with Crippen LogP contribution in [0, 0.1) is 73.5 Å². The minimum atomic E-state index is -0.384. The van der Waals surface area contributed by atoms with Crippen molar-refractivity contribution in [2.75, 3.05) is 7.05 Å². The van der Waals surface area contributed by atoms with Gasteiger partial charge in [-0.1, -0.05) is 12.3 Å². The summed E-state index contributed by atoms with van der Waals surface area (Å²) in [5, 5.41) is 9.33. The number of hydrogen-bond acceptors (Lipinski definition) is 4. The minimum Gasteiger partial charge on any atom is -0.599 e. The van der Waals surface area contributed by atoms with Gasteiger partial charge in [0.05, 0.1) is 19.3 Å². The fourth-order valence-electron chi connectivity index (χ4n) is 4.08. The number of fused-ring (bicyclic) bond motifs is 7. The number of ether oxygens (including phenoxy) is 1. The van der Waals surface area contributed by atoms with Crippen LogP contribution in [0.2, 0.25) is 0 Å². The van der Waals surface area contributed by atoms with Crippen LogP contribution in [0.15, 0.2) is 0 Å². The SMILES string of the molecule is [CH-]1CC2CC1C1C2CC2OC21.[CH2-]NO[NH+](C)[O-].[U+2]. The predicted octanol–water partition coefficient (Wildman–Crippen LogP) is -0.139. The quantitative estimate of drug-likeness (QED) is 0.330. The second-order valence-electron chi connectivity index (χ2n) is 5.49. The molecule has 0 amide bonds. The molecule has 0 radical (unpaired) electrons. The van der Waals surface area contributed by atoms with Crippen molar-refractivity contribution >= 4 is 0 Å². The average Bonchev–Trinajstić information content (AvgIpc) is 2.67. The number of epoxide rings is 1. The molecule has 100 valence electrons. The molecule has 5 nitrogen and oxygen atoms in total. The smallest absolute Gasteiger partial charge is 0.599 e. The summed E-state index contributed by atoms with van der Waals surface area (Å²) in [7, 11) is 4.32. The number of nitrogens with one attached hydrogen (secondary N) is 2. The maximum Gasteiger partial charge on any atom is 2.00 e. The van der Waals surface area contributed by atoms with E-state index in [1.54, 1.807) is 0 Å². The summed E-state index contributed by atoms with van der Waals surface area (Å²) < 4.78 is 5.60. The zero-order valence-corrected chi connectivity index (χ0v) is 14.8. The predicted molar refractivity (Wildman–Crippen MR) is 60.6 cm³/mol. The maximum atomic E-state index is 9.72. The van der Waals surface area contributed by atoms with Gasteiger partial charge in [-0.05, 0) is 18.3 Å². The molecule has 4 rings (SSSR count). The topological polar surface area (TPSA) is 61.3 Å². The van der Waals surface area contributed by atoms with Gasteiger partial charge in [0.15, 0.2) is 0 Å². The van der Waals surface area contributed by atoms with Gasteiger partial charge in [0.2, 0.25) is 0 Å². The maximum absolute atomic E-state index is 9.72. The Morgan fingerprint density at radius 3 is 2.83 bits per heavy atom. The molecule has 0 aromatic heterocycles. The summed E-state index contributed by atoms with van der Waals surface area (Å²) in [6, 6.07) is 0. The van der Waals surface area contributed by atoms with Crippen molar-refractivity contribution in [1.29, 1.82) is 0 Å².